The summed E-state index contributed by atoms with van der Waals surface area (Å²) in [5.74, 6) is 0. The fourth-order valence-electron chi connectivity index (χ4n) is 1.02. The highest BCUT2D eigenvalue weighted by Gasteiger charge is 2.08. The van der Waals surface area contributed by atoms with Gasteiger partial charge in [0.1, 0.15) is 0 Å². The fourth-order valence-corrected chi connectivity index (χ4v) is 1.63. The molecule has 2 N–H and O–H groups in total. The number of ether oxygens (including phenoxy) is 1. The van der Waals surface area contributed by atoms with Crippen LogP contribution in [0.3, 0.4) is 0 Å². The van der Waals surface area contributed by atoms with Crippen molar-refractivity contribution in [3.8, 4) is 0 Å². The summed E-state index contributed by atoms with van der Waals surface area (Å²) < 4.78 is 5.01. The Morgan fingerprint density at radius 2 is 2.62 bits per heavy atom. The molecule has 1 aromatic heterocycles. The molecule has 1 atom stereocenters. The first-order chi connectivity index (χ1) is 6.36. The molecule has 0 spiro atoms. The lowest BCUT2D eigenvalue weighted by Crippen LogP contribution is -2.25. The van der Waals surface area contributed by atoms with Gasteiger partial charge in [0.2, 0.25) is 0 Å². The molecule has 4 nitrogen and oxygen atoms in total. The summed E-state index contributed by atoms with van der Waals surface area (Å²) in [4.78, 5) is 4.09. The number of rotatable bonds is 6. The van der Waals surface area contributed by atoms with Gasteiger partial charge in [-0.15, -0.1) is 11.3 Å². The van der Waals surface area contributed by atoms with E-state index in [4.69, 9.17) is 9.84 Å². The quantitative estimate of drug-likeness (QED) is 0.721. The molecule has 0 bridgehead atoms. The minimum Gasteiger partial charge on any atom is -0.396 e. The van der Waals surface area contributed by atoms with E-state index in [9.17, 15) is 0 Å². The SMILES string of the molecule is COCC(CCO)Nc1nccs1. The van der Waals surface area contributed by atoms with E-state index in [1.807, 2.05) is 5.38 Å². The molecule has 0 saturated carbocycles. The van der Waals surface area contributed by atoms with E-state index < -0.39 is 0 Å². The van der Waals surface area contributed by atoms with Crippen molar-refractivity contribution in [3.05, 3.63) is 11.6 Å². The molecular formula is C8H14N2O2S. The molecule has 0 amide bonds. The van der Waals surface area contributed by atoms with E-state index in [0.29, 0.717) is 13.0 Å². The first-order valence-corrected chi connectivity index (χ1v) is 5.00. The molecule has 1 rings (SSSR count). The lowest BCUT2D eigenvalue weighted by atomic mass is 10.2. The van der Waals surface area contributed by atoms with E-state index in [0.717, 1.165) is 5.13 Å². The van der Waals surface area contributed by atoms with Crippen molar-refractivity contribution in [2.24, 2.45) is 0 Å². The molecule has 1 heterocycles. The van der Waals surface area contributed by atoms with Gasteiger partial charge in [0, 0.05) is 25.3 Å². The topological polar surface area (TPSA) is 54.4 Å². The van der Waals surface area contributed by atoms with Crippen LogP contribution >= 0.6 is 11.3 Å². The van der Waals surface area contributed by atoms with E-state index in [1.54, 1.807) is 24.6 Å². The summed E-state index contributed by atoms with van der Waals surface area (Å²) >= 11 is 1.54. The Morgan fingerprint density at radius 3 is 3.15 bits per heavy atom. The summed E-state index contributed by atoms with van der Waals surface area (Å²) in [7, 11) is 1.65. The maximum Gasteiger partial charge on any atom is 0.182 e. The number of nitrogens with one attached hydrogen (secondary N) is 1. The molecule has 0 radical (unpaired) electrons. The Hall–Kier alpha value is -0.650. The maximum absolute atomic E-state index is 8.78. The van der Waals surface area contributed by atoms with E-state index in [2.05, 4.69) is 10.3 Å². The molecule has 0 aliphatic rings. The molecule has 5 heteroatoms. The molecule has 13 heavy (non-hydrogen) atoms. The second-order valence-corrected chi connectivity index (χ2v) is 3.54. The summed E-state index contributed by atoms with van der Waals surface area (Å²) in [6.07, 6.45) is 2.42. The number of anilines is 1. The first kappa shape index (κ1) is 10.4. The van der Waals surface area contributed by atoms with Crippen molar-refractivity contribution in [1.82, 2.24) is 4.98 Å². The largest absolute Gasteiger partial charge is 0.396 e. The van der Waals surface area contributed by atoms with Crippen LogP contribution < -0.4 is 5.32 Å². The number of thiazole rings is 1. The smallest absolute Gasteiger partial charge is 0.182 e. The summed E-state index contributed by atoms with van der Waals surface area (Å²) in [5.41, 5.74) is 0. The Morgan fingerprint density at radius 1 is 1.77 bits per heavy atom. The summed E-state index contributed by atoms with van der Waals surface area (Å²) in [6, 6.07) is 0.140. The lowest BCUT2D eigenvalue weighted by Gasteiger charge is -2.15. The standard InChI is InChI=1S/C8H14N2O2S/c1-12-6-7(2-4-11)10-8-9-3-5-13-8/h3,5,7,11H,2,4,6H2,1H3,(H,9,10). The van der Waals surface area contributed by atoms with Crippen molar-refractivity contribution in [3.63, 3.8) is 0 Å². The number of methoxy groups -OCH3 is 1. The third kappa shape index (κ3) is 3.71. The molecule has 74 valence electrons. The van der Waals surface area contributed by atoms with Gasteiger partial charge in [0.15, 0.2) is 5.13 Å². The van der Waals surface area contributed by atoms with Crippen LogP contribution in [0, 0.1) is 0 Å². The molecule has 1 unspecified atom stereocenters. The molecular weight excluding hydrogens is 188 g/mol. The number of aliphatic hydroxyl groups is 1. The molecule has 0 saturated heterocycles. The van der Waals surface area contributed by atoms with Gasteiger partial charge in [-0.1, -0.05) is 0 Å². The highest BCUT2D eigenvalue weighted by Crippen LogP contribution is 2.12. The third-order valence-electron chi connectivity index (χ3n) is 1.61. The summed E-state index contributed by atoms with van der Waals surface area (Å²) in [5, 5.41) is 14.7. The van der Waals surface area contributed by atoms with Gasteiger partial charge in [0.25, 0.3) is 0 Å². The van der Waals surface area contributed by atoms with Gasteiger partial charge in [-0.25, -0.2) is 4.98 Å². The van der Waals surface area contributed by atoms with Crippen LogP contribution in [0.25, 0.3) is 0 Å². The average Bonchev–Trinajstić information content (AvgIpc) is 2.58. The van der Waals surface area contributed by atoms with Gasteiger partial charge >= 0.3 is 0 Å². The second-order valence-electron chi connectivity index (χ2n) is 2.65. The zero-order valence-corrected chi connectivity index (χ0v) is 8.38. The number of aromatic nitrogens is 1. The van der Waals surface area contributed by atoms with E-state index in [1.165, 1.54) is 0 Å². The van der Waals surface area contributed by atoms with Gasteiger partial charge in [0.05, 0.1) is 12.6 Å². The number of aliphatic hydroxyl groups excluding tert-OH is 1. The number of nitrogens with zero attached hydrogens (tertiary/aromatic N) is 1. The zero-order chi connectivity index (χ0) is 9.52. The van der Waals surface area contributed by atoms with Crippen LogP contribution in [0.1, 0.15) is 6.42 Å². The minimum atomic E-state index is 0.140. The summed E-state index contributed by atoms with van der Waals surface area (Å²) in [6.45, 7) is 0.743. The maximum atomic E-state index is 8.78. The molecule has 0 aliphatic carbocycles. The molecule has 0 fully saturated rings. The van der Waals surface area contributed by atoms with Gasteiger partial charge < -0.3 is 15.2 Å². The number of hydrogen-bond donors (Lipinski definition) is 2. The highest BCUT2D eigenvalue weighted by molar-refractivity contribution is 7.13. The third-order valence-corrected chi connectivity index (χ3v) is 2.31. The van der Waals surface area contributed by atoms with Crippen molar-refractivity contribution in [1.29, 1.82) is 0 Å². The number of hydrogen-bond acceptors (Lipinski definition) is 5. The van der Waals surface area contributed by atoms with Crippen LogP contribution in [-0.4, -0.2) is 36.5 Å². The van der Waals surface area contributed by atoms with Crippen molar-refractivity contribution < 1.29 is 9.84 Å². The van der Waals surface area contributed by atoms with Crippen molar-refractivity contribution in [2.45, 2.75) is 12.5 Å². The van der Waals surface area contributed by atoms with E-state index in [-0.39, 0.29) is 12.6 Å². The molecule has 1 aromatic rings. The fraction of sp³-hybridized carbons (Fsp3) is 0.625. The predicted molar refractivity (Wildman–Crippen MR) is 53.1 cm³/mol. The lowest BCUT2D eigenvalue weighted by molar-refractivity contribution is 0.170. The van der Waals surface area contributed by atoms with Crippen LogP contribution in [-0.2, 0) is 4.74 Å². The van der Waals surface area contributed by atoms with Gasteiger partial charge in [-0.3, -0.25) is 0 Å². The molecule has 0 aromatic carbocycles. The van der Waals surface area contributed by atoms with Crippen LogP contribution in [0.2, 0.25) is 0 Å². The Balaban J connectivity index is 2.37. The van der Waals surface area contributed by atoms with E-state index >= 15 is 0 Å². The average molecular weight is 202 g/mol. The first-order valence-electron chi connectivity index (χ1n) is 4.12. The predicted octanol–water partition coefficient (Wildman–Crippen LogP) is 0.952. The van der Waals surface area contributed by atoms with Crippen molar-refractivity contribution in [2.75, 3.05) is 25.6 Å². The Bertz CT molecular complexity index is 210. The van der Waals surface area contributed by atoms with Crippen LogP contribution in [0.4, 0.5) is 5.13 Å². The minimum absolute atomic E-state index is 0.140. The van der Waals surface area contributed by atoms with Crippen LogP contribution in [0.15, 0.2) is 11.6 Å². The van der Waals surface area contributed by atoms with Gasteiger partial charge in [-0.2, -0.15) is 0 Å². The van der Waals surface area contributed by atoms with Crippen LogP contribution in [0.5, 0.6) is 0 Å². The second kappa shape index (κ2) is 5.90. The monoisotopic (exact) mass is 202 g/mol. The van der Waals surface area contributed by atoms with Gasteiger partial charge in [-0.05, 0) is 6.42 Å². The molecule has 0 aliphatic heterocycles. The zero-order valence-electron chi connectivity index (χ0n) is 7.56. The Labute approximate surface area is 81.6 Å². The normalized spacial score (nSPS) is 12.8. The van der Waals surface area contributed by atoms with Crippen molar-refractivity contribution >= 4 is 16.5 Å². The Kier molecular flexibility index (Phi) is 4.74. The highest BCUT2D eigenvalue weighted by atomic mass is 32.1.